The van der Waals surface area contributed by atoms with E-state index < -0.39 is 0 Å². The van der Waals surface area contributed by atoms with Gasteiger partial charge in [0.2, 0.25) is 5.91 Å². The number of nitrogens with one attached hydrogen (secondary N) is 1. The highest BCUT2D eigenvalue weighted by molar-refractivity contribution is 5.75. The molecular formula is C28H40N2O3. The Kier molecular flexibility index (Phi) is 8.74. The molecule has 0 aromatic carbocycles. The Bertz CT molecular complexity index is 816. The summed E-state index contributed by atoms with van der Waals surface area (Å²) in [4.78, 5) is 16.1. The Morgan fingerprint density at radius 3 is 2.79 bits per heavy atom. The first kappa shape index (κ1) is 24.2. The molecule has 1 heterocycles. The van der Waals surface area contributed by atoms with Gasteiger partial charge in [0.1, 0.15) is 0 Å². The lowest BCUT2D eigenvalue weighted by molar-refractivity contribution is -0.121. The minimum Gasteiger partial charge on any atom is -0.392 e. The second-order valence-corrected chi connectivity index (χ2v) is 10.4. The second-order valence-electron chi connectivity index (χ2n) is 10.4. The number of rotatable bonds is 11. The summed E-state index contributed by atoms with van der Waals surface area (Å²) in [6.45, 7) is 0.558. The fraction of sp³-hybridized carbons (Fsp3) is 0.643. The zero-order chi connectivity index (χ0) is 23.0. The minimum absolute atomic E-state index is 0.105. The monoisotopic (exact) mass is 452 g/mol. The van der Waals surface area contributed by atoms with E-state index in [0.717, 1.165) is 44.1 Å². The first-order valence-electron chi connectivity index (χ1n) is 13.0. The van der Waals surface area contributed by atoms with Gasteiger partial charge in [0.25, 0.3) is 0 Å². The molecule has 3 aliphatic rings. The van der Waals surface area contributed by atoms with Gasteiger partial charge in [-0.15, -0.1) is 0 Å². The molecular weight excluding hydrogens is 412 g/mol. The number of fused-ring (bicyclic) bond motifs is 1. The van der Waals surface area contributed by atoms with Crippen molar-refractivity contribution in [2.45, 2.75) is 89.4 Å². The van der Waals surface area contributed by atoms with E-state index in [1.807, 2.05) is 18.2 Å². The lowest BCUT2D eigenvalue weighted by Crippen LogP contribution is -2.22. The number of hydrogen-bond acceptors (Lipinski definition) is 4. The van der Waals surface area contributed by atoms with Crippen molar-refractivity contribution in [3.8, 4) is 0 Å². The number of hydrogen-bond donors (Lipinski definition) is 3. The van der Waals surface area contributed by atoms with Crippen molar-refractivity contribution in [2.75, 3.05) is 0 Å². The number of aromatic nitrogens is 1. The van der Waals surface area contributed by atoms with Crippen LogP contribution in [0.2, 0.25) is 0 Å². The highest BCUT2D eigenvalue weighted by atomic mass is 16.3. The van der Waals surface area contributed by atoms with Crippen molar-refractivity contribution < 1.29 is 15.0 Å². The van der Waals surface area contributed by atoms with Crippen LogP contribution in [-0.2, 0) is 11.3 Å². The number of aliphatic hydroxyl groups excluding tert-OH is 2. The number of aliphatic hydroxyl groups is 2. The molecule has 5 atom stereocenters. The molecule has 1 aromatic rings. The summed E-state index contributed by atoms with van der Waals surface area (Å²) < 4.78 is 0. The van der Waals surface area contributed by atoms with Gasteiger partial charge in [0.05, 0.1) is 12.2 Å². The van der Waals surface area contributed by atoms with Crippen molar-refractivity contribution in [3.63, 3.8) is 0 Å². The molecule has 5 heteroatoms. The zero-order valence-electron chi connectivity index (χ0n) is 19.7. The SMILES string of the molecule is O=C(CCCCC1=C[C@H]2C[C@@H](O)[C@H](C=C[C@@H](O)CC3CCCC3)[C@H]2C1)NCc1ccncc1. The molecule has 2 fully saturated rings. The molecule has 3 aliphatic carbocycles. The van der Waals surface area contributed by atoms with Gasteiger partial charge in [-0.25, -0.2) is 0 Å². The van der Waals surface area contributed by atoms with E-state index in [2.05, 4.69) is 22.5 Å². The Balaban J connectivity index is 1.14. The molecule has 0 bridgehead atoms. The van der Waals surface area contributed by atoms with Crippen LogP contribution in [0.4, 0.5) is 0 Å². The lowest BCUT2D eigenvalue weighted by atomic mass is 9.88. The molecule has 1 amide bonds. The van der Waals surface area contributed by atoms with Gasteiger partial charge in [0, 0.05) is 31.3 Å². The Morgan fingerprint density at radius 2 is 2.00 bits per heavy atom. The van der Waals surface area contributed by atoms with Crippen molar-refractivity contribution in [2.24, 2.45) is 23.7 Å². The van der Waals surface area contributed by atoms with E-state index in [-0.39, 0.29) is 24.0 Å². The maximum Gasteiger partial charge on any atom is 0.220 e. The molecule has 0 unspecified atom stereocenters. The van der Waals surface area contributed by atoms with Crippen LogP contribution >= 0.6 is 0 Å². The first-order chi connectivity index (χ1) is 16.1. The summed E-state index contributed by atoms with van der Waals surface area (Å²) >= 11 is 0. The Hall–Kier alpha value is -1.98. The van der Waals surface area contributed by atoms with Crippen LogP contribution in [0.15, 0.2) is 48.3 Å². The van der Waals surface area contributed by atoms with E-state index in [1.54, 1.807) is 12.4 Å². The average molecular weight is 453 g/mol. The largest absolute Gasteiger partial charge is 0.392 e. The summed E-state index contributed by atoms with van der Waals surface area (Å²) in [6, 6.07) is 3.83. The fourth-order valence-corrected chi connectivity index (χ4v) is 6.14. The zero-order valence-corrected chi connectivity index (χ0v) is 19.7. The maximum absolute atomic E-state index is 12.1. The van der Waals surface area contributed by atoms with Crippen molar-refractivity contribution in [1.82, 2.24) is 10.3 Å². The molecule has 4 rings (SSSR count). The summed E-state index contributed by atoms with van der Waals surface area (Å²) in [6.07, 6.45) is 20.6. The molecule has 2 saturated carbocycles. The van der Waals surface area contributed by atoms with E-state index in [4.69, 9.17) is 0 Å². The van der Waals surface area contributed by atoms with E-state index in [9.17, 15) is 15.0 Å². The molecule has 0 radical (unpaired) electrons. The third kappa shape index (κ3) is 7.00. The summed E-state index contributed by atoms with van der Waals surface area (Å²) in [5.41, 5.74) is 2.55. The molecule has 180 valence electrons. The van der Waals surface area contributed by atoms with Crippen LogP contribution in [0.5, 0.6) is 0 Å². The number of unbranched alkanes of at least 4 members (excludes halogenated alkanes) is 1. The lowest BCUT2D eigenvalue weighted by Gasteiger charge is -2.19. The fourth-order valence-electron chi connectivity index (χ4n) is 6.14. The highest BCUT2D eigenvalue weighted by Crippen LogP contribution is 2.48. The van der Waals surface area contributed by atoms with Crippen LogP contribution < -0.4 is 5.32 Å². The van der Waals surface area contributed by atoms with E-state index in [0.29, 0.717) is 30.7 Å². The van der Waals surface area contributed by atoms with Crippen LogP contribution in [-0.4, -0.2) is 33.3 Å². The quantitative estimate of drug-likeness (QED) is 0.336. The predicted octanol–water partition coefficient (Wildman–Crippen LogP) is 4.70. The third-order valence-corrected chi connectivity index (χ3v) is 7.95. The van der Waals surface area contributed by atoms with Crippen LogP contribution in [0.25, 0.3) is 0 Å². The number of allylic oxidation sites excluding steroid dienone is 2. The molecule has 33 heavy (non-hydrogen) atoms. The van der Waals surface area contributed by atoms with Crippen molar-refractivity contribution in [3.05, 3.63) is 53.9 Å². The Morgan fingerprint density at radius 1 is 1.21 bits per heavy atom. The predicted molar refractivity (Wildman–Crippen MR) is 130 cm³/mol. The van der Waals surface area contributed by atoms with Gasteiger partial charge >= 0.3 is 0 Å². The molecule has 0 saturated heterocycles. The van der Waals surface area contributed by atoms with Crippen molar-refractivity contribution >= 4 is 5.91 Å². The van der Waals surface area contributed by atoms with Gasteiger partial charge in [-0.3, -0.25) is 9.78 Å². The molecule has 0 spiro atoms. The third-order valence-electron chi connectivity index (χ3n) is 7.95. The van der Waals surface area contributed by atoms with Crippen LogP contribution in [0.1, 0.15) is 76.2 Å². The number of carbonyl (C=O) groups excluding carboxylic acids is 1. The molecule has 3 N–H and O–H groups in total. The average Bonchev–Trinajstić information content (AvgIpc) is 3.52. The van der Waals surface area contributed by atoms with Gasteiger partial charge in [-0.05, 0) is 74.0 Å². The van der Waals surface area contributed by atoms with Crippen molar-refractivity contribution in [1.29, 1.82) is 0 Å². The van der Waals surface area contributed by atoms with Gasteiger partial charge in [0.15, 0.2) is 0 Å². The number of pyridine rings is 1. The summed E-state index contributed by atoms with van der Waals surface area (Å²) in [5, 5.41) is 24.0. The minimum atomic E-state index is -0.377. The topological polar surface area (TPSA) is 82.5 Å². The highest BCUT2D eigenvalue weighted by Gasteiger charge is 2.43. The number of amides is 1. The summed E-state index contributed by atoms with van der Waals surface area (Å²) in [5.74, 6) is 1.85. The first-order valence-corrected chi connectivity index (χ1v) is 13.0. The molecule has 0 aliphatic heterocycles. The van der Waals surface area contributed by atoms with Crippen LogP contribution in [0.3, 0.4) is 0 Å². The second kappa shape index (κ2) is 11.9. The van der Waals surface area contributed by atoms with E-state index >= 15 is 0 Å². The van der Waals surface area contributed by atoms with Gasteiger partial charge in [-0.2, -0.15) is 0 Å². The van der Waals surface area contributed by atoms with Gasteiger partial charge in [-0.1, -0.05) is 49.5 Å². The molecule has 5 nitrogen and oxygen atoms in total. The van der Waals surface area contributed by atoms with Crippen LogP contribution in [0, 0.1) is 23.7 Å². The molecule has 1 aromatic heterocycles. The smallest absolute Gasteiger partial charge is 0.220 e. The Labute approximate surface area is 198 Å². The number of nitrogens with zero attached hydrogens (tertiary/aromatic N) is 1. The maximum atomic E-state index is 12.1. The van der Waals surface area contributed by atoms with E-state index in [1.165, 1.54) is 31.3 Å². The van der Waals surface area contributed by atoms with Gasteiger partial charge < -0.3 is 15.5 Å². The standard InChI is InChI=1S/C28H40N2O3/c31-24(16-20-5-1-2-6-20)9-10-25-26-17-22(15-23(26)18-27(25)32)7-3-4-8-28(33)30-19-21-11-13-29-14-12-21/h9-15,20,23-27,31-32H,1-8,16-19H2,(H,30,33)/t23-,24+,25+,26-,27+/m0/s1. The summed E-state index contributed by atoms with van der Waals surface area (Å²) in [7, 11) is 0. The normalized spacial score (nSPS) is 28.2. The number of carbonyl (C=O) groups is 1.